The van der Waals surface area contributed by atoms with Crippen molar-refractivity contribution in [1.82, 2.24) is 15.3 Å². The van der Waals surface area contributed by atoms with Crippen molar-refractivity contribution in [1.29, 1.82) is 0 Å². The molecular weight excluding hydrogens is 310 g/mol. The number of methoxy groups -OCH3 is 1. The molecule has 2 heterocycles. The lowest BCUT2D eigenvalue weighted by molar-refractivity contribution is -0.186. The van der Waals surface area contributed by atoms with Gasteiger partial charge < -0.3 is 9.47 Å². The molecule has 1 atom stereocenters. The second-order valence-electron chi connectivity index (χ2n) is 5.67. The van der Waals surface area contributed by atoms with Gasteiger partial charge in [-0.05, 0) is 43.5 Å². The highest BCUT2D eigenvalue weighted by Gasteiger charge is 2.18. The molecule has 0 radical (unpaired) electrons. The molecule has 7 heteroatoms. The first-order valence-corrected chi connectivity index (χ1v) is 7.95. The van der Waals surface area contributed by atoms with Crippen LogP contribution in [0.4, 0.5) is 0 Å². The van der Waals surface area contributed by atoms with E-state index >= 15 is 0 Å². The predicted molar refractivity (Wildman–Crippen MR) is 87.0 cm³/mol. The van der Waals surface area contributed by atoms with Crippen LogP contribution in [-0.4, -0.2) is 35.7 Å². The summed E-state index contributed by atoms with van der Waals surface area (Å²) in [5.41, 5.74) is 4.51. The third-order valence-corrected chi connectivity index (χ3v) is 3.82. The van der Waals surface area contributed by atoms with Crippen LogP contribution >= 0.6 is 0 Å². The number of aryl methyl sites for hydroxylation is 1. The summed E-state index contributed by atoms with van der Waals surface area (Å²) in [6, 6.07) is 7.40. The summed E-state index contributed by atoms with van der Waals surface area (Å²) in [4.78, 5) is 17.4. The SMILES string of the molecule is COc1ccc(C)cc1-n1ccc(C(=O)NO[C@@H]2CCCCO2)n1. The molecule has 1 aromatic carbocycles. The number of nitrogens with zero attached hydrogens (tertiary/aromatic N) is 2. The summed E-state index contributed by atoms with van der Waals surface area (Å²) < 4.78 is 12.4. The molecule has 0 bridgehead atoms. The van der Waals surface area contributed by atoms with Crippen LogP contribution < -0.4 is 10.2 Å². The number of rotatable bonds is 5. The number of hydrogen-bond acceptors (Lipinski definition) is 5. The van der Waals surface area contributed by atoms with Crippen LogP contribution in [-0.2, 0) is 9.57 Å². The van der Waals surface area contributed by atoms with E-state index in [0.29, 0.717) is 12.4 Å². The maximum absolute atomic E-state index is 12.2. The molecule has 1 amide bonds. The first kappa shape index (κ1) is 16.5. The Bertz CT molecular complexity index is 708. The zero-order valence-corrected chi connectivity index (χ0v) is 13.8. The molecule has 24 heavy (non-hydrogen) atoms. The van der Waals surface area contributed by atoms with Crippen molar-refractivity contribution in [3.63, 3.8) is 0 Å². The molecule has 128 valence electrons. The Hall–Kier alpha value is -2.38. The summed E-state index contributed by atoms with van der Waals surface area (Å²) in [5, 5.41) is 4.30. The van der Waals surface area contributed by atoms with E-state index in [-0.39, 0.29) is 12.0 Å². The minimum absolute atomic E-state index is 0.259. The van der Waals surface area contributed by atoms with Crippen molar-refractivity contribution in [3.8, 4) is 11.4 Å². The number of carbonyl (C=O) groups excluding carboxylic acids is 1. The Balaban J connectivity index is 1.68. The van der Waals surface area contributed by atoms with E-state index in [2.05, 4.69) is 10.6 Å². The van der Waals surface area contributed by atoms with Crippen LogP contribution in [0.3, 0.4) is 0 Å². The quantitative estimate of drug-likeness (QED) is 0.852. The van der Waals surface area contributed by atoms with Gasteiger partial charge in [-0.1, -0.05) is 6.07 Å². The normalized spacial score (nSPS) is 17.5. The van der Waals surface area contributed by atoms with Gasteiger partial charge in [-0.3, -0.25) is 4.79 Å². The van der Waals surface area contributed by atoms with Crippen LogP contribution in [0.2, 0.25) is 0 Å². The van der Waals surface area contributed by atoms with Gasteiger partial charge in [-0.25, -0.2) is 15.0 Å². The molecule has 1 aliphatic heterocycles. The van der Waals surface area contributed by atoms with Crippen LogP contribution in [0.15, 0.2) is 30.5 Å². The Morgan fingerprint density at radius 2 is 2.25 bits per heavy atom. The van der Waals surface area contributed by atoms with E-state index < -0.39 is 5.91 Å². The molecule has 1 N–H and O–H groups in total. The van der Waals surface area contributed by atoms with Crippen LogP contribution in [0.25, 0.3) is 5.69 Å². The lowest BCUT2D eigenvalue weighted by Crippen LogP contribution is -2.33. The smallest absolute Gasteiger partial charge is 0.295 e. The van der Waals surface area contributed by atoms with Crippen molar-refractivity contribution in [2.75, 3.05) is 13.7 Å². The topological polar surface area (TPSA) is 74.6 Å². The number of hydrogen-bond donors (Lipinski definition) is 1. The molecule has 7 nitrogen and oxygen atoms in total. The van der Waals surface area contributed by atoms with Crippen LogP contribution in [0, 0.1) is 6.92 Å². The number of aromatic nitrogens is 2. The van der Waals surface area contributed by atoms with E-state index in [1.54, 1.807) is 24.1 Å². The summed E-state index contributed by atoms with van der Waals surface area (Å²) in [6.45, 7) is 2.64. The van der Waals surface area contributed by atoms with Gasteiger partial charge in [0.15, 0.2) is 12.0 Å². The van der Waals surface area contributed by atoms with Gasteiger partial charge >= 0.3 is 0 Å². The van der Waals surface area contributed by atoms with E-state index in [1.807, 2.05) is 25.1 Å². The minimum atomic E-state index is -0.408. The minimum Gasteiger partial charge on any atom is -0.494 e. The van der Waals surface area contributed by atoms with Crippen LogP contribution in [0.1, 0.15) is 35.3 Å². The number of ether oxygens (including phenoxy) is 2. The number of amides is 1. The number of benzene rings is 1. The van der Waals surface area contributed by atoms with Gasteiger partial charge in [-0.15, -0.1) is 0 Å². The first-order valence-electron chi connectivity index (χ1n) is 7.95. The van der Waals surface area contributed by atoms with Crippen molar-refractivity contribution in [2.45, 2.75) is 32.5 Å². The molecule has 0 spiro atoms. The highest BCUT2D eigenvalue weighted by Crippen LogP contribution is 2.23. The molecule has 0 aliphatic carbocycles. The summed E-state index contributed by atoms with van der Waals surface area (Å²) >= 11 is 0. The molecule has 1 saturated heterocycles. The van der Waals surface area contributed by atoms with E-state index in [4.69, 9.17) is 14.3 Å². The Morgan fingerprint density at radius 3 is 3.00 bits per heavy atom. The van der Waals surface area contributed by atoms with Crippen molar-refractivity contribution in [3.05, 3.63) is 41.7 Å². The summed E-state index contributed by atoms with van der Waals surface area (Å²) in [7, 11) is 1.60. The number of hydroxylamine groups is 1. The predicted octanol–water partition coefficient (Wildman–Crippen LogP) is 2.38. The zero-order chi connectivity index (χ0) is 16.9. The molecular formula is C17H21N3O4. The van der Waals surface area contributed by atoms with E-state index in [0.717, 1.165) is 30.5 Å². The fourth-order valence-electron chi connectivity index (χ4n) is 2.53. The van der Waals surface area contributed by atoms with Crippen molar-refractivity contribution >= 4 is 5.91 Å². The monoisotopic (exact) mass is 331 g/mol. The third kappa shape index (κ3) is 3.74. The molecule has 0 saturated carbocycles. The van der Waals surface area contributed by atoms with Gasteiger partial charge in [-0.2, -0.15) is 5.10 Å². The molecule has 0 unspecified atom stereocenters. The Kier molecular flexibility index (Phi) is 5.12. The summed E-state index contributed by atoms with van der Waals surface area (Å²) in [5.74, 6) is 0.275. The van der Waals surface area contributed by atoms with Crippen molar-refractivity contribution < 1.29 is 19.1 Å². The van der Waals surface area contributed by atoms with Gasteiger partial charge in [0.25, 0.3) is 5.91 Å². The lowest BCUT2D eigenvalue weighted by Gasteiger charge is -2.21. The maximum atomic E-state index is 12.2. The van der Waals surface area contributed by atoms with Gasteiger partial charge in [0.1, 0.15) is 11.4 Å². The van der Waals surface area contributed by atoms with Gasteiger partial charge in [0.2, 0.25) is 0 Å². The van der Waals surface area contributed by atoms with Crippen molar-refractivity contribution in [2.24, 2.45) is 0 Å². The number of nitrogens with one attached hydrogen (secondary N) is 1. The zero-order valence-electron chi connectivity index (χ0n) is 13.8. The fourth-order valence-corrected chi connectivity index (χ4v) is 2.53. The first-order chi connectivity index (χ1) is 11.7. The fraction of sp³-hybridized carbons (Fsp3) is 0.412. The third-order valence-electron chi connectivity index (χ3n) is 3.82. The Labute approximate surface area is 140 Å². The average molecular weight is 331 g/mol. The molecule has 1 fully saturated rings. The average Bonchev–Trinajstić information content (AvgIpc) is 3.10. The van der Waals surface area contributed by atoms with Crippen LogP contribution in [0.5, 0.6) is 5.75 Å². The number of carbonyl (C=O) groups is 1. The lowest BCUT2D eigenvalue weighted by atomic mass is 10.2. The molecule has 2 aromatic rings. The summed E-state index contributed by atoms with van der Waals surface area (Å²) in [6.07, 6.45) is 4.15. The molecule has 3 rings (SSSR count). The highest BCUT2D eigenvalue weighted by molar-refractivity contribution is 5.91. The van der Waals surface area contributed by atoms with Gasteiger partial charge in [0, 0.05) is 19.2 Å². The Morgan fingerprint density at radius 1 is 1.38 bits per heavy atom. The van der Waals surface area contributed by atoms with E-state index in [9.17, 15) is 4.79 Å². The van der Waals surface area contributed by atoms with Gasteiger partial charge in [0.05, 0.1) is 7.11 Å². The highest BCUT2D eigenvalue weighted by atomic mass is 16.8. The maximum Gasteiger partial charge on any atom is 0.295 e. The van der Waals surface area contributed by atoms with E-state index in [1.165, 1.54) is 0 Å². The largest absolute Gasteiger partial charge is 0.494 e. The molecule has 1 aliphatic rings. The second kappa shape index (κ2) is 7.46. The molecule has 1 aromatic heterocycles. The standard InChI is InChI=1S/C17H21N3O4/c1-12-6-7-15(22-2)14(11-12)20-9-8-13(18-20)17(21)19-24-16-5-3-4-10-23-16/h6-9,11,16H,3-5,10H2,1-2H3,(H,19,21)/t16-/m1/s1. The second-order valence-corrected chi connectivity index (χ2v) is 5.67.